The summed E-state index contributed by atoms with van der Waals surface area (Å²) in [6.45, 7) is 8.02. The second-order valence-corrected chi connectivity index (χ2v) is 8.52. The fourth-order valence-electron chi connectivity index (χ4n) is 3.33. The van der Waals surface area contributed by atoms with Crippen LogP contribution in [0.1, 0.15) is 45.7 Å². The maximum atomic E-state index is 12.6. The van der Waals surface area contributed by atoms with Gasteiger partial charge in [0.05, 0.1) is 18.2 Å². The molecule has 0 aliphatic carbocycles. The predicted molar refractivity (Wildman–Crippen MR) is 118 cm³/mol. The molecule has 1 aromatic heterocycles. The summed E-state index contributed by atoms with van der Waals surface area (Å²) in [6, 6.07) is 3.43. The minimum absolute atomic E-state index is 0.0205. The summed E-state index contributed by atoms with van der Waals surface area (Å²) in [4.78, 5) is 17.2. The number of hydrogen-bond donors (Lipinski definition) is 1. The lowest BCUT2D eigenvalue weighted by Gasteiger charge is -2.28. The van der Waals surface area contributed by atoms with Gasteiger partial charge in [-0.25, -0.2) is 4.68 Å². The van der Waals surface area contributed by atoms with E-state index in [4.69, 9.17) is 9.47 Å². The highest BCUT2D eigenvalue weighted by molar-refractivity contribution is 9.10. The third kappa shape index (κ3) is 4.30. The van der Waals surface area contributed by atoms with Crippen molar-refractivity contribution >= 4 is 39.4 Å². The average Bonchev–Trinajstić information content (AvgIpc) is 3.08. The van der Waals surface area contributed by atoms with Crippen LogP contribution < -0.4 is 14.8 Å². The molecule has 0 amide bonds. The van der Waals surface area contributed by atoms with Gasteiger partial charge in [-0.05, 0) is 60.8 Å². The number of aromatic nitrogens is 3. The van der Waals surface area contributed by atoms with Crippen LogP contribution in [0.4, 0.5) is 5.95 Å². The lowest BCUT2D eigenvalue weighted by Crippen LogP contribution is -2.28. The zero-order valence-corrected chi connectivity index (χ0v) is 19.6. The largest absolute Gasteiger partial charge is 0.493 e. The van der Waals surface area contributed by atoms with Gasteiger partial charge >= 0.3 is 0 Å². The molecule has 29 heavy (non-hydrogen) atoms. The molecule has 0 radical (unpaired) electrons. The van der Waals surface area contributed by atoms with Crippen LogP contribution in [0.5, 0.6) is 11.5 Å². The normalized spacial score (nSPS) is 15.7. The van der Waals surface area contributed by atoms with Gasteiger partial charge in [0.2, 0.25) is 11.1 Å². The molecule has 1 aromatic carbocycles. The van der Waals surface area contributed by atoms with E-state index in [2.05, 4.69) is 38.3 Å². The summed E-state index contributed by atoms with van der Waals surface area (Å²) < 4.78 is 13.8. The lowest BCUT2D eigenvalue weighted by atomic mass is 9.93. The number of anilines is 1. The number of methoxy groups -OCH3 is 1. The van der Waals surface area contributed by atoms with Crippen molar-refractivity contribution in [3.63, 3.8) is 0 Å². The van der Waals surface area contributed by atoms with E-state index in [1.165, 1.54) is 0 Å². The van der Waals surface area contributed by atoms with E-state index in [-0.39, 0.29) is 5.78 Å². The Morgan fingerprint density at radius 2 is 2.14 bits per heavy atom. The molecule has 1 unspecified atom stereocenters. The summed E-state index contributed by atoms with van der Waals surface area (Å²) >= 11 is 5.19. The third-order valence-electron chi connectivity index (χ3n) is 4.50. The zero-order valence-electron chi connectivity index (χ0n) is 17.2. The fraction of sp³-hybridized carbons (Fsp3) is 0.450. The van der Waals surface area contributed by atoms with Crippen molar-refractivity contribution in [3.05, 3.63) is 33.4 Å². The van der Waals surface area contributed by atoms with Crippen LogP contribution >= 0.6 is 27.7 Å². The molecule has 1 atom stereocenters. The molecule has 0 spiro atoms. The molecule has 2 aromatic rings. The number of carbonyl (C=O) groups excluding carboxylic acids is 1. The number of fused-ring (bicyclic) bond motifs is 1. The summed E-state index contributed by atoms with van der Waals surface area (Å²) in [7, 11) is 1.60. The summed E-state index contributed by atoms with van der Waals surface area (Å²) in [5.41, 5.74) is 2.28. The Labute approximate surface area is 183 Å². The van der Waals surface area contributed by atoms with Gasteiger partial charge in [0.1, 0.15) is 6.04 Å². The number of rotatable bonds is 8. The van der Waals surface area contributed by atoms with E-state index in [1.807, 2.05) is 26.0 Å². The van der Waals surface area contributed by atoms with Crippen LogP contribution in [-0.4, -0.2) is 40.0 Å². The molecule has 0 bridgehead atoms. The molecule has 0 saturated heterocycles. The molecule has 1 aliphatic heterocycles. The van der Waals surface area contributed by atoms with Crippen LogP contribution in [0.25, 0.3) is 0 Å². The Kier molecular flexibility index (Phi) is 6.89. The number of ether oxygens (including phenoxy) is 2. The summed E-state index contributed by atoms with van der Waals surface area (Å²) in [5.74, 6) is 2.77. The molecule has 1 aliphatic rings. The topological polar surface area (TPSA) is 78.3 Å². The van der Waals surface area contributed by atoms with Crippen LogP contribution in [0.15, 0.2) is 33.0 Å². The number of carbonyl (C=O) groups is 1. The predicted octanol–water partition coefficient (Wildman–Crippen LogP) is 4.83. The van der Waals surface area contributed by atoms with Crippen LogP contribution in [-0.2, 0) is 4.79 Å². The van der Waals surface area contributed by atoms with Crippen LogP contribution in [0.3, 0.4) is 0 Å². The number of allylic oxidation sites excluding steroid dienone is 2. The SMILES string of the molecule is CCCSc1nc2n(n1)C(c1cc(Br)c(OCC)c(OC)c1)C(C(C)=O)=C(C)N2. The Balaban J connectivity index is 2.16. The Hall–Kier alpha value is -2.00. The Morgan fingerprint density at radius 3 is 2.76 bits per heavy atom. The number of ketones is 1. The first kappa shape index (κ1) is 21.7. The van der Waals surface area contributed by atoms with Gasteiger partial charge in [-0.15, -0.1) is 5.10 Å². The minimum Gasteiger partial charge on any atom is -0.493 e. The second kappa shape index (κ2) is 9.21. The Morgan fingerprint density at radius 1 is 1.38 bits per heavy atom. The van der Waals surface area contributed by atoms with E-state index in [0.717, 1.165) is 27.9 Å². The molecule has 1 N–H and O–H groups in total. The van der Waals surface area contributed by atoms with Crippen molar-refractivity contribution in [2.75, 3.05) is 24.8 Å². The van der Waals surface area contributed by atoms with Gasteiger partial charge in [0.15, 0.2) is 17.3 Å². The number of nitrogens with zero attached hydrogens (tertiary/aromatic N) is 3. The van der Waals surface area contributed by atoms with Crippen LogP contribution in [0, 0.1) is 0 Å². The highest BCUT2D eigenvalue weighted by Gasteiger charge is 2.33. The minimum atomic E-state index is -0.409. The molecule has 156 valence electrons. The van der Waals surface area contributed by atoms with Crippen molar-refractivity contribution in [3.8, 4) is 11.5 Å². The van der Waals surface area contributed by atoms with E-state index in [9.17, 15) is 4.79 Å². The number of benzene rings is 1. The van der Waals surface area contributed by atoms with Crippen molar-refractivity contribution in [1.82, 2.24) is 14.8 Å². The van der Waals surface area contributed by atoms with E-state index in [1.54, 1.807) is 30.5 Å². The van der Waals surface area contributed by atoms with Gasteiger partial charge in [0.25, 0.3) is 0 Å². The van der Waals surface area contributed by atoms with Gasteiger partial charge in [-0.3, -0.25) is 4.79 Å². The van der Waals surface area contributed by atoms with Crippen molar-refractivity contribution < 1.29 is 14.3 Å². The standard InChI is InChI=1S/C20H25BrN4O3S/c1-6-8-29-20-23-19-22-11(3)16(12(4)26)17(25(19)24-20)13-9-14(21)18(28-7-2)15(10-13)27-5/h9-10,17H,6-8H2,1-5H3,(H,22,23,24). The van der Waals surface area contributed by atoms with Gasteiger partial charge in [-0.1, -0.05) is 18.7 Å². The highest BCUT2D eigenvalue weighted by atomic mass is 79.9. The number of Topliss-reactive ketones (excluding diaryl/α,β-unsaturated/α-hetero) is 1. The lowest BCUT2D eigenvalue weighted by molar-refractivity contribution is -0.114. The maximum Gasteiger partial charge on any atom is 0.227 e. The summed E-state index contributed by atoms with van der Waals surface area (Å²) in [6.07, 6.45) is 1.03. The van der Waals surface area contributed by atoms with E-state index < -0.39 is 6.04 Å². The van der Waals surface area contributed by atoms with Gasteiger partial charge < -0.3 is 14.8 Å². The van der Waals surface area contributed by atoms with Gasteiger partial charge in [-0.2, -0.15) is 4.98 Å². The number of thioether (sulfide) groups is 1. The van der Waals surface area contributed by atoms with Crippen molar-refractivity contribution in [2.45, 2.75) is 45.3 Å². The number of hydrogen-bond acceptors (Lipinski definition) is 7. The summed E-state index contributed by atoms with van der Waals surface area (Å²) in [5, 5.41) is 8.61. The van der Waals surface area contributed by atoms with E-state index >= 15 is 0 Å². The molecular weight excluding hydrogens is 456 g/mol. The first-order valence-electron chi connectivity index (χ1n) is 9.49. The molecule has 7 nitrogen and oxygen atoms in total. The van der Waals surface area contributed by atoms with Crippen LogP contribution in [0.2, 0.25) is 0 Å². The molecule has 3 rings (SSSR count). The molecule has 0 saturated carbocycles. The smallest absolute Gasteiger partial charge is 0.227 e. The second-order valence-electron chi connectivity index (χ2n) is 6.60. The first-order valence-corrected chi connectivity index (χ1v) is 11.3. The molecule has 9 heteroatoms. The zero-order chi connectivity index (χ0) is 21.1. The average molecular weight is 481 g/mol. The van der Waals surface area contributed by atoms with Gasteiger partial charge in [0, 0.05) is 17.0 Å². The Bertz CT molecular complexity index is 957. The highest BCUT2D eigenvalue weighted by Crippen LogP contribution is 2.43. The van der Waals surface area contributed by atoms with E-state index in [0.29, 0.717) is 34.8 Å². The molecule has 2 heterocycles. The molecule has 0 fully saturated rings. The monoisotopic (exact) mass is 480 g/mol. The maximum absolute atomic E-state index is 12.6. The molecular formula is C20H25BrN4O3S. The fourth-order valence-corrected chi connectivity index (χ4v) is 4.59. The van der Waals surface area contributed by atoms with Crippen molar-refractivity contribution in [2.24, 2.45) is 0 Å². The number of nitrogens with one attached hydrogen (secondary N) is 1. The number of halogens is 1. The third-order valence-corrected chi connectivity index (χ3v) is 6.14. The van der Waals surface area contributed by atoms with Crippen molar-refractivity contribution in [1.29, 1.82) is 0 Å². The quantitative estimate of drug-likeness (QED) is 0.542. The first-order chi connectivity index (χ1) is 13.9.